The number of hydrogen-bond donors (Lipinski definition) is 2. The second-order valence-electron chi connectivity index (χ2n) is 5.35. The van der Waals surface area contributed by atoms with E-state index in [0.717, 1.165) is 16.6 Å². The average molecular weight is 308 g/mol. The number of anilines is 1. The highest BCUT2D eigenvalue weighted by Gasteiger charge is 2.14. The molecule has 3 N–H and O–H groups in total. The van der Waals surface area contributed by atoms with Crippen molar-refractivity contribution >= 4 is 27.5 Å². The first kappa shape index (κ1) is 16.0. The second-order valence-corrected chi connectivity index (χ2v) is 6.59. The maximum Gasteiger partial charge on any atom is 0.241 e. The van der Waals surface area contributed by atoms with Gasteiger partial charge >= 0.3 is 0 Å². The average Bonchev–Trinajstić information content (AvgIpc) is 2.84. The number of unbranched alkanes of at least 4 members (excludes halogenated alkanes) is 3. The quantitative estimate of drug-likeness (QED) is 0.438. The van der Waals surface area contributed by atoms with Crippen LogP contribution in [0.25, 0.3) is 10.2 Å². The molecule has 0 radical (unpaired) electrons. The number of rotatable bonds is 8. The van der Waals surface area contributed by atoms with Crippen molar-refractivity contribution < 1.29 is 4.74 Å². The van der Waals surface area contributed by atoms with Gasteiger partial charge in [0, 0.05) is 4.88 Å². The highest BCUT2D eigenvalue weighted by Crippen LogP contribution is 2.31. The first-order valence-corrected chi connectivity index (χ1v) is 8.37. The van der Waals surface area contributed by atoms with Crippen LogP contribution in [0, 0.1) is 6.92 Å². The lowest BCUT2D eigenvalue weighted by Gasteiger charge is -2.15. The molecule has 0 aliphatic rings. The van der Waals surface area contributed by atoms with Gasteiger partial charge < -0.3 is 4.74 Å². The van der Waals surface area contributed by atoms with Gasteiger partial charge in [0.05, 0.1) is 11.5 Å². The maximum atomic E-state index is 6.02. The number of nitrogens with one attached hydrogen (secondary N) is 1. The smallest absolute Gasteiger partial charge is 0.241 e. The highest BCUT2D eigenvalue weighted by atomic mass is 32.1. The van der Waals surface area contributed by atoms with Crippen LogP contribution in [0.3, 0.4) is 0 Å². The van der Waals surface area contributed by atoms with Crippen LogP contribution >= 0.6 is 11.3 Å². The van der Waals surface area contributed by atoms with Crippen molar-refractivity contribution in [2.45, 2.75) is 59.0 Å². The van der Waals surface area contributed by atoms with E-state index >= 15 is 0 Å². The standard InChI is InChI=1S/C15H24N4OS/c1-4-5-6-7-8-10(2)20-13-12-9-11(3)21-14(12)18-15(17-13)19-16/h9-10H,4-8,16H2,1-3H3,(H,17,18,19). The van der Waals surface area contributed by atoms with E-state index in [1.165, 1.54) is 30.6 Å². The fourth-order valence-electron chi connectivity index (χ4n) is 2.28. The molecule has 2 aromatic rings. The SMILES string of the molecule is CCCCCCC(C)Oc1nc(NN)nc2sc(C)cc12. The number of aryl methyl sites for hydroxylation is 1. The molecular formula is C15H24N4OS. The van der Waals surface area contributed by atoms with Crippen LogP contribution < -0.4 is 16.0 Å². The van der Waals surface area contributed by atoms with Gasteiger partial charge in [-0.2, -0.15) is 4.98 Å². The molecule has 116 valence electrons. The van der Waals surface area contributed by atoms with Crippen LogP contribution in [-0.4, -0.2) is 16.1 Å². The minimum atomic E-state index is 0.144. The minimum absolute atomic E-state index is 0.144. The van der Waals surface area contributed by atoms with E-state index < -0.39 is 0 Å². The van der Waals surface area contributed by atoms with E-state index in [0.29, 0.717) is 11.8 Å². The number of fused-ring (bicyclic) bond motifs is 1. The molecule has 0 saturated heterocycles. The lowest BCUT2D eigenvalue weighted by atomic mass is 10.1. The van der Waals surface area contributed by atoms with Gasteiger partial charge in [-0.1, -0.05) is 26.2 Å². The molecule has 0 fully saturated rings. The summed E-state index contributed by atoms with van der Waals surface area (Å²) in [5, 5.41) is 0.969. The summed E-state index contributed by atoms with van der Waals surface area (Å²) in [5.41, 5.74) is 2.51. The molecule has 0 aromatic carbocycles. The summed E-state index contributed by atoms with van der Waals surface area (Å²) in [6.07, 6.45) is 6.17. The molecular weight excluding hydrogens is 284 g/mol. The van der Waals surface area contributed by atoms with Gasteiger partial charge in [-0.25, -0.2) is 10.8 Å². The molecule has 5 nitrogen and oxygen atoms in total. The Morgan fingerprint density at radius 1 is 1.33 bits per heavy atom. The second kappa shape index (κ2) is 7.56. The van der Waals surface area contributed by atoms with E-state index in [-0.39, 0.29) is 6.10 Å². The van der Waals surface area contributed by atoms with Crippen LogP contribution in [0.2, 0.25) is 0 Å². The molecule has 21 heavy (non-hydrogen) atoms. The van der Waals surface area contributed by atoms with Gasteiger partial charge in [0.15, 0.2) is 0 Å². The zero-order chi connectivity index (χ0) is 15.2. The maximum absolute atomic E-state index is 6.02. The number of nitrogens with two attached hydrogens (primary N) is 1. The molecule has 0 amide bonds. The molecule has 0 aliphatic heterocycles. The minimum Gasteiger partial charge on any atom is -0.474 e. The van der Waals surface area contributed by atoms with Crippen LogP contribution in [0.15, 0.2) is 6.07 Å². The number of hydrogen-bond acceptors (Lipinski definition) is 6. The van der Waals surface area contributed by atoms with Gasteiger partial charge in [0.25, 0.3) is 0 Å². The van der Waals surface area contributed by atoms with Crippen LogP contribution in [0.5, 0.6) is 5.88 Å². The molecule has 2 rings (SSSR count). The van der Waals surface area contributed by atoms with Crippen molar-refractivity contribution in [3.05, 3.63) is 10.9 Å². The van der Waals surface area contributed by atoms with Gasteiger partial charge in [0.2, 0.25) is 11.8 Å². The number of aromatic nitrogens is 2. The summed E-state index contributed by atoms with van der Waals surface area (Å²) in [6.45, 7) is 6.37. The third kappa shape index (κ3) is 4.28. The molecule has 0 aliphatic carbocycles. The van der Waals surface area contributed by atoms with Crippen molar-refractivity contribution in [2.24, 2.45) is 5.84 Å². The van der Waals surface area contributed by atoms with Gasteiger partial charge in [-0.05, 0) is 32.8 Å². The third-order valence-corrected chi connectivity index (χ3v) is 4.33. The Morgan fingerprint density at radius 3 is 2.86 bits per heavy atom. The summed E-state index contributed by atoms with van der Waals surface area (Å²) in [5.74, 6) is 6.46. The Morgan fingerprint density at radius 2 is 2.14 bits per heavy atom. The molecule has 1 unspecified atom stereocenters. The van der Waals surface area contributed by atoms with Crippen molar-refractivity contribution in [3.63, 3.8) is 0 Å². The topological polar surface area (TPSA) is 73.1 Å². The van der Waals surface area contributed by atoms with E-state index in [1.54, 1.807) is 11.3 Å². The number of nitrogens with zero attached hydrogens (tertiary/aromatic N) is 2. The first-order chi connectivity index (χ1) is 10.1. The van der Waals surface area contributed by atoms with Crippen LogP contribution in [-0.2, 0) is 0 Å². The Labute approximate surface area is 129 Å². The van der Waals surface area contributed by atoms with Crippen molar-refractivity contribution in [3.8, 4) is 5.88 Å². The molecule has 2 aromatic heterocycles. The number of thiophene rings is 1. The first-order valence-electron chi connectivity index (χ1n) is 7.55. The Hall–Kier alpha value is -1.40. The van der Waals surface area contributed by atoms with Crippen molar-refractivity contribution in [2.75, 3.05) is 5.43 Å². The Bertz CT molecular complexity index is 584. The predicted octanol–water partition coefficient (Wildman–Crippen LogP) is 4.02. The van der Waals surface area contributed by atoms with Crippen molar-refractivity contribution in [1.29, 1.82) is 0 Å². The van der Waals surface area contributed by atoms with Gasteiger partial charge in [0.1, 0.15) is 4.83 Å². The largest absolute Gasteiger partial charge is 0.474 e. The fraction of sp³-hybridized carbons (Fsp3) is 0.600. The number of ether oxygens (including phenoxy) is 1. The lowest BCUT2D eigenvalue weighted by Crippen LogP contribution is -2.15. The van der Waals surface area contributed by atoms with Crippen LogP contribution in [0.1, 0.15) is 50.8 Å². The molecule has 2 heterocycles. The summed E-state index contributed by atoms with van der Waals surface area (Å²) < 4.78 is 6.02. The zero-order valence-electron chi connectivity index (χ0n) is 13.0. The van der Waals surface area contributed by atoms with Gasteiger partial charge in [-0.15, -0.1) is 11.3 Å². The lowest BCUT2D eigenvalue weighted by molar-refractivity contribution is 0.201. The monoisotopic (exact) mass is 308 g/mol. The number of hydrazine groups is 1. The molecule has 0 bridgehead atoms. The Balaban J connectivity index is 2.09. The highest BCUT2D eigenvalue weighted by molar-refractivity contribution is 7.18. The summed E-state index contributed by atoms with van der Waals surface area (Å²) in [7, 11) is 0. The van der Waals surface area contributed by atoms with E-state index in [4.69, 9.17) is 10.6 Å². The molecule has 1 atom stereocenters. The van der Waals surface area contributed by atoms with Crippen molar-refractivity contribution in [1.82, 2.24) is 9.97 Å². The molecule has 6 heteroatoms. The third-order valence-electron chi connectivity index (χ3n) is 3.39. The van der Waals surface area contributed by atoms with E-state index in [1.807, 2.05) is 0 Å². The van der Waals surface area contributed by atoms with Crippen LogP contribution in [0.4, 0.5) is 5.95 Å². The normalized spacial score (nSPS) is 12.6. The summed E-state index contributed by atoms with van der Waals surface area (Å²) in [4.78, 5) is 10.8. The molecule has 0 saturated carbocycles. The zero-order valence-corrected chi connectivity index (χ0v) is 13.8. The number of nitrogen functional groups attached to an aromatic ring is 1. The van der Waals surface area contributed by atoms with E-state index in [2.05, 4.69) is 42.2 Å². The fourth-order valence-corrected chi connectivity index (χ4v) is 3.15. The predicted molar refractivity (Wildman–Crippen MR) is 88.8 cm³/mol. The summed E-state index contributed by atoms with van der Waals surface area (Å²) in [6, 6.07) is 2.07. The van der Waals surface area contributed by atoms with Gasteiger partial charge in [-0.3, -0.25) is 5.43 Å². The molecule has 0 spiro atoms. The summed E-state index contributed by atoms with van der Waals surface area (Å²) >= 11 is 1.62. The van der Waals surface area contributed by atoms with E-state index in [9.17, 15) is 0 Å². The Kier molecular flexibility index (Phi) is 5.76.